The van der Waals surface area contributed by atoms with E-state index in [-0.39, 0.29) is 17.7 Å². The van der Waals surface area contributed by atoms with Crippen molar-refractivity contribution in [2.45, 2.75) is 25.8 Å². The van der Waals surface area contributed by atoms with Crippen LogP contribution < -0.4 is 14.4 Å². The molecular formula is C26H32FN3O4. The summed E-state index contributed by atoms with van der Waals surface area (Å²) in [5.41, 5.74) is 1.88. The Labute approximate surface area is 200 Å². The summed E-state index contributed by atoms with van der Waals surface area (Å²) in [7, 11) is 3.30. The van der Waals surface area contributed by atoms with Gasteiger partial charge in [0.25, 0.3) is 0 Å². The van der Waals surface area contributed by atoms with Crippen LogP contribution >= 0.6 is 0 Å². The molecule has 34 heavy (non-hydrogen) atoms. The molecular weight excluding hydrogens is 437 g/mol. The second-order valence-electron chi connectivity index (χ2n) is 8.83. The highest BCUT2D eigenvalue weighted by Crippen LogP contribution is 2.38. The molecule has 2 aromatic carbocycles. The van der Waals surface area contributed by atoms with Gasteiger partial charge in [-0.3, -0.25) is 14.5 Å². The van der Waals surface area contributed by atoms with Crippen LogP contribution in [0.2, 0.25) is 0 Å². The average molecular weight is 470 g/mol. The molecule has 0 spiro atoms. The average Bonchev–Trinajstić information content (AvgIpc) is 3.31. The minimum absolute atomic E-state index is 0.0841. The molecule has 2 aliphatic rings. The second kappa shape index (κ2) is 10.4. The predicted octanol–water partition coefficient (Wildman–Crippen LogP) is 3.53. The molecule has 2 saturated heterocycles. The normalized spacial score (nSPS) is 18.8. The van der Waals surface area contributed by atoms with Crippen molar-refractivity contribution in [2.24, 2.45) is 0 Å². The molecule has 1 amide bonds. The topological polar surface area (TPSA) is 62.3 Å². The van der Waals surface area contributed by atoms with Crippen LogP contribution in [-0.4, -0.2) is 75.0 Å². The van der Waals surface area contributed by atoms with Crippen molar-refractivity contribution in [3.8, 4) is 11.5 Å². The van der Waals surface area contributed by atoms with Gasteiger partial charge < -0.3 is 19.3 Å². The van der Waals surface area contributed by atoms with Gasteiger partial charge in [-0.2, -0.15) is 0 Å². The zero-order valence-electron chi connectivity index (χ0n) is 20.1. The molecule has 7 nitrogen and oxygen atoms in total. The lowest BCUT2D eigenvalue weighted by Gasteiger charge is -2.37. The molecule has 0 N–H and O–H groups in total. The SMILES string of the molecule is COc1ccc(OC)c(C2CCCN2CC(=O)N2CCN(c3ccc(C(C)=O)cc3F)CC2)c1. The number of carbonyl (C=O) groups is 2. The van der Waals surface area contributed by atoms with Crippen molar-refractivity contribution in [2.75, 3.05) is 58.4 Å². The number of carbonyl (C=O) groups excluding carboxylic acids is 2. The minimum Gasteiger partial charge on any atom is -0.497 e. The standard InChI is InChI=1S/C26H32FN3O4/c1-18(31)19-6-8-24(22(27)15-19)28-11-13-29(14-12-28)26(32)17-30-10-4-5-23(30)21-16-20(33-2)7-9-25(21)34-3/h6-9,15-16,23H,4-5,10-14,17H2,1-3H3. The maximum atomic E-state index is 14.5. The van der Waals surface area contributed by atoms with E-state index >= 15 is 0 Å². The summed E-state index contributed by atoms with van der Waals surface area (Å²) in [6.45, 7) is 4.79. The van der Waals surface area contributed by atoms with Gasteiger partial charge in [0.15, 0.2) is 5.78 Å². The Bertz CT molecular complexity index is 1050. The molecule has 1 unspecified atom stereocenters. The van der Waals surface area contributed by atoms with Gasteiger partial charge in [0.1, 0.15) is 17.3 Å². The first-order valence-electron chi connectivity index (χ1n) is 11.7. The maximum Gasteiger partial charge on any atom is 0.236 e. The van der Waals surface area contributed by atoms with Crippen LogP contribution in [0.1, 0.15) is 41.7 Å². The number of amides is 1. The molecule has 2 heterocycles. The summed E-state index contributed by atoms with van der Waals surface area (Å²) in [6.07, 6.45) is 1.97. The Kier molecular flexibility index (Phi) is 7.36. The van der Waals surface area contributed by atoms with Crippen LogP contribution in [-0.2, 0) is 4.79 Å². The third-order valence-electron chi connectivity index (χ3n) is 6.83. The molecule has 182 valence electrons. The number of ether oxygens (including phenoxy) is 2. The first-order chi connectivity index (χ1) is 16.4. The van der Waals surface area contributed by atoms with E-state index in [4.69, 9.17) is 9.47 Å². The number of hydrogen-bond acceptors (Lipinski definition) is 6. The van der Waals surface area contributed by atoms with Crippen molar-refractivity contribution in [3.05, 3.63) is 53.3 Å². The van der Waals surface area contributed by atoms with Gasteiger partial charge in [0, 0.05) is 43.3 Å². The van der Waals surface area contributed by atoms with E-state index in [1.165, 1.54) is 13.0 Å². The number of Topliss-reactive ketones (excluding diaryl/α,β-unsaturated/α-hetero) is 1. The van der Waals surface area contributed by atoms with Crippen molar-refractivity contribution >= 4 is 17.4 Å². The Morgan fingerprint density at radius 2 is 1.76 bits per heavy atom. The van der Waals surface area contributed by atoms with E-state index in [0.29, 0.717) is 44.0 Å². The summed E-state index contributed by atoms with van der Waals surface area (Å²) in [5.74, 6) is 1.10. The molecule has 2 fully saturated rings. The van der Waals surface area contributed by atoms with Gasteiger partial charge in [-0.25, -0.2) is 4.39 Å². The molecule has 4 rings (SSSR count). The number of likely N-dealkylation sites (tertiary alicyclic amines) is 1. The lowest BCUT2D eigenvalue weighted by atomic mass is 10.0. The van der Waals surface area contributed by atoms with Crippen molar-refractivity contribution < 1.29 is 23.5 Å². The number of benzene rings is 2. The third-order valence-corrected chi connectivity index (χ3v) is 6.83. The maximum absolute atomic E-state index is 14.5. The number of halogens is 1. The summed E-state index contributed by atoms with van der Waals surface area (Å²) in [6, 6.07) is 10.5. The molecule has 0 aliphatic carbocycles. The van der Waals surface area contributed by atoms with E-state index in [1.54, 1.807) is 26.4 Å². The Hall–Kier alpha value is -3.13. The fourth-order valence-electron chi connectivity index (χ4n) is 4.92. The number of ketones is 1. The molecule has 2 aliphatic heterocycles. The van der Waals surface area contributed by atoms with Gasteiger partial charge >= 0.3 is 0 Å². The minimum atomic E-state index is -0.403. The van der Waals surface area contributed by atoms with Crippen LogP contribution in [0.5, 0.6) is 11.5 Å². The van der Waals surface area contributed by atoms with E-state index < -0.39 is 5.82 Å². The largest absolute Gasteiger partial charge is 0.497 e. The third kappa shape index (κ3) is 5.01. The Balaban J connectivity index is 1.38. The molecule has 0 bridgehead atoms. The highest BCUT2D eigenvalue weighted by molar-refractivity contribution is 5.94. The van der Waals surface area contributed by atoms with Crippen LogP contribution in [0.4, 0.5) is 10.1 Å². The Morgan fingerprint density at radius 3 is 2.41 bits per heavy atom. The lowest BCUT2D eigenvalue weighted by Crippen LogP contribution is -2.51. The van der Waals surface area contributed by atoms with E-state index in [1.807, 2.05) is 28.0 Å². The zero-order valence-corrected chi connectivity index (χ0v) is 20.1. The summed E-state index contributed by atoms with van der Waals surface area (Å²) >= 11 is 0. The molecule has 8 heteroatoms. The van der Waals surface area contributed by atoms with Gasteiger partial charge in [-0.05, 0) is 62.7 Å². The number of piperazine rings is 1. The van der Waals surface area contributed by atoms with Gasteiger partial charge in [-0.1, -0.05) is 0 Å². The van der Waals surface area contributed by atoms with E-state index in [0.717, 1.165) is 36.4 Å². The second-order valence-corrected chi connectivity index (χ2v) is 8.83. The van der Waals surface area contributed by atoms with Crippen molar-refractivity contribution in [1.29, 1.82) is 0 Å². The first kappa shape index (κ1) is 24.0. The van der Waals surface area contributed by atoms with E-state index in [9.17, 15) is 14.0 Å². The number of hydrogen-bond donors (Lipinski definition) is 0. The Morgan fingerprint density at radius 1 is 1.00 bits per heavy atom. The molecule has 0 saturated carbocycles. The fraction of sp³-hybridized carbons (Fsp3) is 0.462. The quantitative estimate of drug-likeness (QED) is 0.578. The number of rotatable bonds is 7. The predicted molar refractivity (Wildman–Crippen MR) is 128 cm³/mol. The summed E-state index contributed by atoms with van der Waals surface area (Å²) in [5, 5.41) is 0. The summed E-state index contributed by atoms with van der Waals surface area (Å²) < 4.78 is 25.5. The number of methoxy groups -OCH3 is 2. The van der Waals surface area contributed by atoms with Crippen LogP contribution in [0.15, 0.2) is 36.4 Å². The molecule has 0 aromatic heterocycles. The monoisotopic (exact) mass is 469 g/mol. The molecule has 0 radical (unpaired) electrons. The van der Waals surface area contributed by atoms with Gasteiger partial charge in [-0.15, -0.1) is 0 Å². The van der Waals surface area contributed by atoms with Crippen molar-refractivity contribution in [1.82, 2.24) is 9.80 Å². The lowest BCUT2D eigenvalue weighted by molar-refractivity contribution is -0.133. The van der Waals surface area contributed by atoms with Crippen LogP contribution in [0.3, 0.4) is 0 Å². The number of anilines is 1. The van der Waals surface area contributed by atoms with Gasteiger partial charge in [0.05, 0.1) is 26.5 Å². The summed E-state index contributed by atoms with van der Waals surface area (Å²) in [4.78, 5) is 30.6. The van der Waals surface area contributed by atoms with Crippen molar-refractivity contribution in [3.63, 3.8) is 0 Å². The molecule has 2 aromatic rings. The first-order valence-corrected chi connectivity index (χ1v) is 11.7. The fourth-order valence-corrected chi connectivity index (χ4v) is 4.92. The zero-order chi connectivity index (χ0) is 24.2. The smallest absolute Gasteiger partial charge is 0.236 e. The molecule has 1 atom stereocenters. The highest BCUT2D eigenvalue weighted by Gasteiger charge is 2.32. The number of nitrogens with zero attached hydrogens (tertiary/aromatic N) is 3. The van der Waals surface area contributed by atoms with Gasteiger partial charge in [0.2, 0.25) is 5.91 Å². The van der Waals surface area contributed by atoms with Crippen LogP contribution in [0.25, 0.3) is 0 Å². The van der Waals surface area contributed by atoms with E-state index in [2.05, 4.69) is 4.90 Å². The highest BCUT2D eigenvalue weighted by atomic mass is 19.1. The van der Waals surface area contributed by atoms with Crippen LogP contribution in [0, 0.1) is 5.82 Å².